The SMILES string of the molecule is C=CCNC(=NC)NCc1ccc(Br)cc1C. The molecule has 0 heterocycles. The molecule has 0 aliphatic heterocycles. The third-order valence-electron chi connectivity index (χ3n) is 2.39. The number of benzene rings is 1. The van der Waals surface area contributed by atoms with Crippen molar-refractivity contribution >= 4 is 21.9 Å². The van der Waals surface area contributed by atoms with Gasteiger partial charge in [-0.3, -0.25) is 4.99 Å². The summed E-state index contributed by atoms with van der Waals surface area (Å²) >= 11 is 3.46. The van der Waals surface area contributed by atoms with Crippen molar-refractivity contribution in [2.75, 3.05) is 13.6 Å². The zero-order valence-corrected chi connectivity index (χ0v) is 11.8. The van der Waals surface area contributed by atoms with E-state index in [-0.39, 0.29) is 0 Å². The maximum atomic E-state index is 4.13. The van der Waals surface area contributed by atoms with Gasteiger partial charge in [0, 0.05) is 24.6 Å². The molecule has 1 rings (SSSR count). The Morgan fingerprint density at radius 1 is 1.47 bits per heavy atom. The number of nitrogens with zero attached hydrogens (tertiary/aromatic N) is 1. The van der Waals surface area contributed by atoms with Gasteiger partial charge >= 0.3 is 0 Å². The number of hydrogen-bond donors (Lipinski definition) is 2. The standard InChI is InChI=1S/C13H18BrN3/c1-4-7-16-13(15-3)17-9-11-5-6-12(14)8-10(11)2/h4-6,8H,1,7,9H2,2-3H3,(H2,15,16,17). The molecule has 0 unspecified atom stereocenters. The molecule has 0 saturated carbocycles. The topological polar surface area (TPSA) is 36.4 Å². The Bertz CT molecular complexity index is 413. The van der Waals surface area contributed by atoms with Gasteiger partial charge in [0.2, 0.25) is 0 Å². The van der Waals surface area contributed by atoms with E-state index in [0.717, 1.165) is 17.0 Å². The molecule has 0 aliphatic carbocycles. The lowest BCUT2D eigenvalue weighted by Gasteiger charge is -2.12. The van der Waals surface area contributed by atoms with Crippen LogP contribution in [0.5, 0.6) is 0 Å². The number of guanidine groups is 1. The molecule has 0 bridgehead atoms. The molecule has 0 radical (unpaired) electrons. The average Bonchev–Trinajstić information content (AvgIpc) is 2.31. The van der Waals surface area contributed by atoms with E-state index in [0.29, 0.717) is 6.54 Å². The molecule has 2 N–H and O–H groups in total. The summed E-state index contributed by atoms with van der Waals surface area (Å²) in [4.78, 5) is 4.13. The van der Waals surface area contributed by atoms with Crippen LogP contribution in [0.4, 0.5) is 0 Å². The number of rotatable bonds is 4. The van der Waals surface area contributed by atoms with E-state index in [2.05, 4.69) is 57.2 Å². The second kappa shape index (κ2) is 7.12. The molecule has 1 aromatic carbocycles. The molecule has 0 spiro atoms. The van der Waals surface area contributed by atoms with Gasteiger partial charge in [0.1, 0.15) is 0 Å². The lowest BCUT2D eigenvalue weighted by atomic mass is 10.1. The van der Waals surface area contributed by atoms with Crippen molar-refractivity contribution < 1.29 is 0 Å². The van der Waals surface area contributed by atoms with E-state index in [1.54, 1.807) is 13.1 Å². The molecular weight excluding hydrogens is 278 g/mol. The van der Waals surface area contributed by atoms with E-state index in [4.69, 9.17) is 0 Å². The van der Waals surface area contributed by atoms with Crippen LogP contribution in [0.2, 0.25) is 0 Å². The van der Waals surface area contributed by atoms with Gasteiger partial charge in [0.15, 0.2) is 5.96 Å². The molecule has 0 fully saturated rings. The zero-order chi connectivity index (χ0) is 12.7. The van der Waals surface area contributed by atoms with Crippen LogP contribution >= 0.6 is 15.9 Å². The zero-order valence-electron chi connectivity index (χ0n) is 10.3. The molecule has 0 amide bonds. The van der Waals surface area contributed by atoms with Crippen molar-refractivity contribution in [2.24, 2.45) is 4.99 Å². The van der Waals surface area contributed by atoms with Crippen molar-refractivity contribution in [1.29, 1.82) is 0 Å². The van der Waals surface area contributed by atoms with E-state index >= 15 is 0 Å². The van der Waals surface area contributed by atoms with E-state index in [1.807, 2.05) is 6.07 Å². The summed E-state index contributed by atoms with van der Waals surface area (Å²) in [6.07, 6.45) is 1.80. The predicted octanol–water partition coefficient (Wildman–Crippen LogP) is 2.61. The normalized spacial score (nSPS) is 11.1. The highest BCUT2D eigenvalue weighted by molar-refractivity contribution is 9.10. The molecule has 3 nitrogen and oxygen atoms in total. The minimum atomic E-state index is 0.707. The number of hydrogen-bond acceptors (Lipinski definition) is 1. The van der Waals surface area contributed by atoms with Gasteiger partial charge in [0.05, 0.1) is 0 Å². The minimum absolute atomic E-state index is 0.707. The summed E-state index contributed by atoms with van der Waals surface area (Å²) < 4.78 is 1.10. The van der Waals surface area contributed by atoms with Crippen molar-refractivity contribution in [3.8, 4) is 0 Å². The monoisotopic (exact) mass is 295 g/mol. The molecule has 0 aromatic heterocycles. The Morgan fingerprint density at radius 3 is 2.82 bits per heavy atom. The molecule has 92 valence electrons. The average molecular weight is 296 g/mol. The van der Waals surface area contributed by atoms with Crippen molar-refractivity contribution in [2.45, 2.75) is 13.5 Å². The Balaban J connectivity index is 2.57. The largest absolute Gasteiger partial charge is 0.353 e. The summed E-state index contributed by atoms with van der Waals surface area (Å²) in [5, 5.41) is 6.39. The molecule has 0 aliphatic rings. The van der Waals surface area contributed by atoms with Crippen LogP contribution in [0, 0.1) is 6.92 Å². The fourth-order valence-electron chi connectivity index (χ4n) is 1.43. The summed E-state index contributed by atoms with van der Waals surface area (Å²) in [6.45, 7) is 7.22. The second-order valence-corrected chi connectivity index (χ2v) is 4.58. The van der Waals surface area contributed by atoms with Gasteiger partial charge in [-0.05, 0) is 30.2 Å². The predicted molar refractivity (Wildman–Crippen MR) is 77.3 cm³/mol. The molecule has 0 saturated heterocycles. The Hall–Kier alpha value is -1.29. The fraction of sp³-hybridized carbons (Fsp3) is 0.308. The highest BCUT2D eigenvalue weighted by Crippen LogP contribution is 2.15. The smallest absolute Gasteiger partial charge is 0.191 e. The highest BCUT2D eigenvalue weighted by atomic mass is 79.9. The molecule has 4 heteroatoms. The maximum Gasteiger partial charge on any atom is 0.191 e. The number of halogens is 1. The van der Waals surface area contributed by atoms with Crippen LogP contribution in [-0.2, 0) is 6.54 Å². The Labute approximate surface area is 111 Å². The molecular formula is C13H18BrN3. The lowest BCUT2D eigenvalue weighted by Crippen LogP contribution is -2.36. The quantitative estimate of drug-likeness (QED) is 0.509. The number of aryl methyl sites for hydroxylation is 1. The molecule has 0 atom stereocenters. The highest BCUT2D eigenvalue weighted by Gasteiger charge is 2.00. The minimum Gasteiger partial charge on any atom is -0.353 e. The third-order valence-corrected chi connectivity index (χ3v) is 2.88. The van der Waals surface area contributed by atoms with Crippen LogP contribution in [-0.4, -0.2) is 19.6 Å². The molecule has 17 heavy (non-hydrogen) atoms. The van der Waals surface area contributed by atoms with E-state index in [9.17, 15) is 0 Å². The Kier molecular flexibility index (Phi) is 5.77. The van der Waals surface area contributed by atoms with Gasteiger partial charge in [-0.1, -0.05) is 28.1 Å². The van der Waals surface area contributed by atoms with Crippen molar-refractivity contribution in [1.82, 2.24) is 10.6 Å². The fourth-order valence-corrected chi connectivity index (χ4v) is 1.90. The van der Waals surface area contributed by atoms with Crippen LogP contribution in [0.1, 0.15) is 11.1 Å². The van der Waals surface area contributed by atoms with Crippen LogP contribution < -0.4 is 10.6 Å². The summed E-state index contributed by atoms with van der Waals surface area (Å²) in [7, 11) is 1.76. The number of nitrogens with one attached hydrogen (secondary N) is 2. The van der Waals surface area contributed by atoms with Gasteiger partial charge < -0.3 is 10.6 Å². The van der Waals surface area contributed by atoms with Crippen LogP contribution in [0.15, 0.2) is 40.3 Å². The van der Waals surface area contributed by atoms with Gasteiger partial charge in [-0.15, -0.1) is 6.58 Å². The van der Waals surface area contributed by atoms with Gasteiger partial charge in [0.25, 0.3) is 0 Å². The third kappa shape index (κ3) is 4.61. The van der Waals surface area contributed by atoms with E-state index < -0.39 is 0 Å². The summed E-state index contributed by atoms with van der Waals surface area (Å²) in [5.41, 5.74) is 2.51. The lowest BCUT2D eigenvalue weighted by molar-refractivity contribution is 0.842. The van der Waals surface area contributed by atoms with Crippen molar-refractivity contribution in [3.05, 3.63) is 46.5 Å². The van der Waals surface area contributed by atoms with Gasteiger partial charge in [-0.25, -0.2) is 0 Å². The Morgan fingerprint density at radius 2 is 2.24 bits per heavy atom. The van der Waals surface area contributed by atoms with Crippen molar-refractivity contribution in [3.63, 3.8) is 0 Å². The molecule has 1 aromatic rings. The number of aliphatic imine (C=N–C) groups is 1. The first-order chi connectivity index (χ1) is 8.17. The first-order valence-corrected chi connectivity index (χ1v) is 6.27. The van der Waals surface area contributed by atoms with Gasteiger partial charge in [-0.2, -0.15) is 0 Å². The summed E-state index contributed by atoms with van der Waals surface area (Å²) in [6, 6.07) is 6.26. The maximum absolute atomic E-state index is 4.13. The van der Waals surface area contributed by atoms with Crippen LogP contribution in [0.3, 0.4) is 0 Å². The van der Waals surface area contributed by atoms with Crippen LogP contribution in [0.25, 0.3) is 0 Å². The second-order valence-electron chi connectivity index (χ2n) is 3.67. The van der Waals surface area contributed by atoms with E-state index in [1.165, 1.54) is 11.1 Å². The first kappa shape index (κ1) is 13.8. The summed E-state index contributed by atoms with van der Waals surface area (Å²) in [5.74, 6) is 0.784. The first-order valence-electron chi connectivity index (χ1n) is 5.47.